The Hall–Kier alpha value is -2.76. The van der Waals surface area contributed by atoms with Gasteiger partial charge in [-0.05, 0) is 42.5 Å². The fourth-order valence-corrected chi connectivity index (χ4v) is 3.05. The summed E-state index contributed by atoms with van der Waals surface area (Å²) in [7, 11) is 0. The van der Waals surface area contributed by atoms with Crippen molar-refractivity contribution in [3.63, 3.8) is 0 Å². The highest BCUT2D eigenvalue weighted by molar-refractivity contribution is 6.08. The van der Waals surface area contributed by atoms with E-state index in [4.69, 9.17) is 0 Å². The maximum absolute atomic E-state index is 12.6. The molecular weight excluding hydrogens is 278 g/mol. The molecule has 1 aliphatic rings. The van der Waals surface area contributed by atoms with Gasteiger partial charge in [0.05, 0.1) is 5.56 Å². The molecule has 1 amide bonds. The first-order valence-corrected chi connectivity index (χ1v) is 7.32. The molecule has 0 saturated carbocycles. The smallest absolute Gasteiger partial charge is 0.260 e. The molecule has 22 heavy (non-hydrogen) atoms. The molecule has 6 nitrogen and oxygen atoms in total. The predicted octanol–water partition coefficient (Wildman–Crippen LogP) is 2.43. The maximum Gasteiger partial charge on any atom is 0.260 e. The third-order valence-corrected chi connectivity index (χ3v) is 4.21. The Labute approximate surface area is 127 Å². The number of hydrogen-bond acceptors (Lipinski definition) is 4. The standard InChI is InChI=1S/C16H15N5O/c1-10-5-6-13-11(10)8-12(15-20-18-9-21(13)15)16(22)19-14-4-2-3-7-17-14/h2-4,7-10H,5-6H2,1H3,(H,17,19,22)/t10-/m0/s1. The summed E-state index contributed by atoms with van der Waals surface area (Å²) in [6.45, 7) is 2.18. The van der Waals surface area contributed by atoms with Crippen LogP contribution < -0.4 is 5.32 Å². The van der Waals surface area contributed by atoms with Crippen molar-refractivity contribution in [3.8, 4) is 0 Å². The van der Waals surface area contributed by atoms with Gasteiger partial charge in [0.2, 0.25) is 0 Å². The molecule has 0 unspecified atom stereocenters. The van der Waals surface area contributed by atoms with Crippen LogP contribution in [0.2, 0.25) is 0 Å². The van der Waals surface area contributed by atoms with E-state index in [2.05, 4.69) is 27.4 Å². The van der Waals surface area contributed by atoms with E-state index in [1.165, 1.54) is 11.3 Å². The van der Waals surface area contributed by atoms with Gasteiger partial charge in [0.15, 0.2) is 5.65 Å². The van der Waals surface area contributed by atoms with Crippen LogP contribution in [0.25, 0.3) is 5.65 Å². The Bertz CT molecular complexity index is 856. The number of anilines is 1. The fourth-order valence-electron chi connectivity index (χ4n) is 3.05. The topological polar surface area (TPSA) is 72.2 Å². The number of fused-ring (bicyclic) bond motifs is 3. The normalized spacial score (nSPS) is 16.7. The summed E-state index contributed by atoms with van der Waals surface area (Å²) in [5.41, 5.74) is 3.55. The summed E-state index contributed by atoms with van der Waals surface area (Å²) in [5.74, 6) is 0.764. The van der Waals surface area contributed by atoms with Crippen molar-refractivity contribution in [2.24, 2.45) is 0 Å². The first kappa shape index (κ1) is 12.9. The Morgan fingerprint density at radius 3 is 3.14 bits per heavy atom. The number of aromatic nitrogens is 4. The third kappa shape index (κ3) is 1.95. The summed E-state index contributed by atoms with van der Waals surface area (Å²) < 4.78 is 1.94. The summed E-state index contributed by atoms with van der Waals surface area (Å²) in [6.07, 6.45) is 5.41. The number of amides is 1. The molecule has 0 aliphatic heterocycles. The minimum Gasteiger partial charge on any atom is -0.306 e. The minimum atomic E-state index is -0.210. The molecule has 0 saturated heterocycles. The van der Waals surface area contributed by atoms with Crippen LogP contribution >= 0.6 is 0 Å². The molecule has 3 aromatic rings. The van der Waals surface area contributed by atoms with Crippen molar-refractivity contribution < 1.29 is 4.79 Å². The lowest BCUT2D eigenvalue weighted by atomic mass is 10.0. The molecule has 0 spiro atoms. The number of aryl methyl sites for hydroxylation is 1. The summed E-state index contributed by atoms with van der Waals surface area (Å²) in [6, 6.07) is 7.35. The van der Waals surface area contributed by atoms with Gasteiger partial charge >= 0.3 is 0 Å². The van der Waals surface area contributed by atoms with Crippen LogP contribution in [0.4, 0.5) is 5.82 Å². The minimum absolute atomic E-state index is 0.210. The van der Waals surface area contributed by atoms with E-state index in [1.54, 1.807) is 18.6 Å². The van der Waals surface area contributed by atoms with Gasteiger partial charge in [0.25, 0.3) is 5.91 Å². The van der Waals surface area contributed by atoms with Crippen molar-refractivity contribution >= 4 is 17.4 Å². The predicted molar refractivity (Wildman–Crippen MR) is 81.9 cm³/mol. The van der Waals surface area contributed by atoms with Gasteiger partial charge in [-0.25, -0.2) is 4.98 Å². The molecule has 3 aromatic heterocycles. The number of rotatable bonds is 2. The first-order chi connectivity index (χ1) is 10.7. The molecule has 6 heteroatoms. The zero-order valence-corrected chi connectivity index (χ0v) is 12.2. The van der Waals surface area contributed by atoms with Gasteiger partial charge in [0.1, 0.15) is 12.1 Å². The molecule has 0 aromatic carbocycles. The molecular formula is C16H15N5O. The summed E-state index contributed by atoms with van der Waals surface area (Å²) in [5, 5.41) is 10.9. The zero-order valence-electron chi connectivity index (χ0n) is 12.2. The van der Waals surface area contributed by atoms with E-state index in [0.29, 0.717) is 22.9 Å². The van der Waals surface area contributed by atoms with Gasteiger partial charge in [-0.2, -0.15) is 0 Å². The molecule has 0 fully saturated rings. The van der Waals surface area contributed by atoms with E-state index in [1.807, 2.05) is 22.6 Å². The Balaban J connectivity index is 1.80. The van der Waals surface area contributed by atoms with E-state index in [-0.39, 0.29) is 5.91 Å². The van der Waals surface area contributed by atoms with Crippen LogP contribution in [0.15, 0.2) is 36.8 Å². The van der Waals surface area contributed by atoms with Gasteiger partial charge in [-0.1, -0.05) is 13.0 Å². The van der Waals surface area contributed by atoms with Gasteiger partial charge in [-0.15, -0.1) is 10.2 Å². The number of nitrogens with zero attached hydrogens (tertiary/aromatic N) is 4. The molecule has 1 atom stereocenters. The highest BCUT2D eigenvalue weighted by Crippen LogP contribution is 2.34. The van der Waals surface area contributed by atoms with Crippen molar-refractivity contribution in [2.75, 3.05) is 5.32 Å². The van der Waals surface area contributed by atoms with Crippen LogP contribution in [-0.4, -0.2) is 25.5 Å². The Kier molecular flexibility index (Phi) is 2.89. The Morgan fingerprint density at radius 2 is 2.32 bits per heavy atom. The summed E-state index contributed by atoms with van der Waals surface area (Å²) in [4.78, 5) is 16.7. The highest BCUT2D eigenvalue weighted by atomic mass is 16.1. The van der Waals surface area contributed by atoms with Gasteiger partial charge < -0.3 is 5.32 Å². The first-order valence-electron chi connectivity index (χ1n) is 7.32. The van der Waals surface area contributed by atoms with Crippen molar-refractivity contribution in [2.45, 2.75) is 25.7 Å². The van der Waals surface area contributed by atoms with E-state index >= 15 is 0 Å². The number of nitrogens with one attached hydrogen (secondary N) is 1. The van der Waals surface area contributed by atoms with Crippen LogP contribution in [0.5, 0.6) is 0 Å². The second-order valence-electron chi connectivity index (χ2n) is 5.59. The van der Waals surface area contributed by atoms with Crippen LogP contribution in [0.3, 0.4) is 0 Å². The fraction of sp³-hybridized carbons (Fsp3) is 0.250. The largest absolute Gasteiger partial charge is 0.306 e. The average molecular weight is 293 g/mol. The maximum atomic E-state index is 12.6. The van der Waals surface area contributed by atoms with E-state index in [0.717, 1.165) is 12.8 Å². The van der Waals surface area contributed by atoms with Crippen molar-refractivity contribution in [3.05, 3.63) is 53.6 Å². The van der Waals surface area contributed by atoms with Gasteiger partial charge in [0, 0.05) is 11.9 Å². The van der Waals surface area contributed by atoms with Crippen LogP contribution in [0.1, 0.15) is 40.9 Å². The quantitative estimate of drug-likeness (QED) is 0.787. The monoisotopic (exact) mass is 293 g/mol. The second-order valence-corrected chi connectivity index (χ2v) is 5.59. The number of carbonyl (C=O) groups excluding carboxylic acids is 1. The van der Waals surface area contributed by atoms with Gasteiger partial charge in [-0.3, -0.25) is 9.20 Å². The van der Waals surface area contributed by atoms with Crippen LogP contribution in [-0.2, 0) is 6.42 Å². The lowest BCUT2D eigenvalue weighted by Crippen LogP contribution is -2.15. The molecule has 0 bridgehead atoms. The molecule has 1 aliphatic carbocycles. The Morgan fingerprint density at radius 1 is 1.41 bits per heavy atom. The SMILES string of the molecule is C[C@H]1CCc2c1cc(C(=O)Nc1ccccn1)c1nncn21. The van der Waals surface area contributed by atoms with E-state index < -0.39 is 0 Å². The number of pyridine rings is 2. The zero-order chi connectivity index (χ0) is 15.1. The molecule has 4 rings (SSSR count). The van der Waals surface area contributed by atoms with Crippen molar-refractivity contribution in [1.82, 2.24) is 19.6 Å². The molecule has 0 radical (unpaired) electrons. The molecule has 110 valence electrons. The molecule has 3 heterocycles. The second kappa shape index (κ2) is 4.91. The third-order valence-electron chi connectivity index (χ3n) is 4.21. The number of carbonyl (C=O) groups is 1. The average Bonchev–Trinajstić information content (AvgIpc) is 3.14. The molecule has 1 N–H and O–H groups in total. The van der Waals surface area contributed by atoms with E-state index in [9.17, 15) is 4.79 Å². The summed E-state index contributed by atoms with van der Waals surface area (Å²) >= 11 is 0. The number of hydrogen-bond donors (Lipinski definition) is 1. The highest BCUT2D eigenvalue weighted by Gasteiger charge is 2.25. The lowest BCUT2D eigenvalue weighted by molar-refractivity contribution is 0.102. The lowest BCUT2D eigenvalue weighted by Gasteiger charge is -2.11. The van der Waals surface area contributed by atoms with Crippen LogP contribution in [0, 0.1) is 0 Å². The van der Waals surface area contributed by atoms with Crippen molar-refractivity contribution in [1.29, 1.82) is 0 Å².